The largest absolute Gasteiger partial charge is 0.481 e. The molecule has 0 aliphatic rings. The summed E-state index contributed by atoms with van der Waals surface area (Å²) in [6.45, 7) is -0.588. The van der Waals surface area contributed by atoms with Crippen LogP contribution in [-0.4, -0.2) is 115 Å². The summed E-state index contributed by atoms with van der Waals surface area (Å²) in [5, 5.41) is 79.8. The van der Waals surface area contributed by atoms with Gasteiger partial charge >= 0.3 is 5.97 Å². The molecule has 0 aromatic heterocycles. The normalized spacial score (nSPS) is 9.43. The molecule has 10 N–H and O–H groups in total. The molecule has 0 unspecified atom stereocenters. The van der Waals surface area contributed by atoms with Gasteiger partial charge in [-0.1, -0.05) is 6.92 Å². The Hall–Kier alpha value is -0.890. The van der Waals surface area contributed by atoms with Gasteiger partial charge in [-0.2, -0.15) is 0 Å². The zero-order valence-electron chi connectivity index (χ0n) is 13.1. The van der Waals surface area contributed by atoms with Crippen molar-refractivity contribution < 1.29 is 55.9 Å². The smallest absolute Gasteiger partial charge is 0.303 e. The van der Waals surface area contributed by atoms with Crippen LogP contribution >= 0.6 is 0 Å². The van der Waals surface area contributed by atoms with E-state index < -0.39 is 24.3 Å². The topological polar surface area (TPSA) is 219 Å². The van der Waals surface area contributed by atoms with Crippen molar-refractivity contribution in [1.29, 1.82) is 0 Å². The average molecular weight is 350 g/mol. The van der Waals surface area contributed by atoms with E-state index in [4.69, 9.17) is 51.1 Å². The highest BCUT2D eigenvalue weighted by Crippen LogP contribution is 1.72. The summed E-state index contributed by atoms with van der Waals surface area (Å²) in [5.74, 6) is -0.745. The van der Waals surface area contributed by atoms with Crippen molar-refractivity contribution in [2.24, 2.45) is 0 Å². The van der Waals surface area contributed by atoms with Crippen LogP contribution < -0.4 is 0 Å². The van der Waals surface area contributed by atoms with Crippen LogP contribution in [0.2, 0.25) is 0 Å². The van der Waals surface area contributed by atoms with Crippen molar-refractivity contribution in [2.45, 2.75) is 31.7 Å². The Morgan fingerprint density at radius 3 is 0.783 bits per heavy atom. The number of hydrogen-bond acceptors (Lipinski definition) is 10. The van der Waals surface area contributed by atoms with E-state index in [1.165, 1.54) is 0 Å². The lowest BCUT2D eigenvalue weighted by atomic mass is 10.4. The fourth-order valence-electron chi connectivity index (χ4n) is 0.173. The highest BCUT2D eigenvalue weighted by molar-refractivity contribution is 5.66. The quantitative estimate of drug-likeness (QED) is 0.211. The van der Waals surface area contributed by atoms with E-state index in [2.05, 4.69) is 0 Å². The first-order chi connectivity index (χ1) is 10.7. The number of carbonyl (C=O) groups is 1. The molecule has 0 heterocycles. The van der Waals surface area contributed by atoms with Crippen molar-refractivity contribution in [1.82, 2.24) is 0 Å². The van der Waals surface area contributed by atoms with Gasteiger partial charge in [0.1, 0.15) is 18.3 Å². The van der Waals surface area contributed by atoms with E-state index in [1.54, 1.807) is 6.92 Å². The third kappa shape index (κ3) is 44.9. The molecule has 23 heavy (non-hydrogen) atoms. The van der Waals surface area contributed by atoms with E-state index in [9.17, 15) is 4.79 Å². The zero-order chi connectivity index (χ0) is 19.3. The van der Waals surface area contributed by atoms with Crippen molar-refractivity contribution in [3.8, 4) is 0 Å². The second-order valence-corrected chi connectivity index (χ2v) is 3.80. The molecule has 0 aliphatic carbocycles. The second-order valence-electron chi connectivity index (χ2n) is 3.80. The van der Waals surface area contributed by atoms with Crippen molar-refractivity contribution in [3.63, 3.8) is 0 Å². The highest BCUT2D eigenvalue weighted by Gasteiger charge is 1.94. The maximum atomic E-state index is 9.37. The predicted octanol–water partition coefficient (Wildman–Crippen LogP) is -4.52. The van der Waals surface area contributed by atoms with Gasteiger partial charge in [0, 0.05) is 6.42 Å². The average Bonchev–Trinajstić information content (AvgIpc) is 2.60. The third-order valence-corrected chi connectivity index (χ3v) is 1.57. The van der Waals surface area contributed by atoms with Crippen molar-refractivity contribution in [2.75, 3.05) is 39.6 Å². The van der Waals surface area contributed by atoms with Crippen molar-refractivity contribution >= 4 is 5.97 Å². The second kappa shape index (κ2) is 26.0. The minimum Gasteiger partial charge on any atom is -0.481 e. The van der Waals surface area contributed by atoms with Gasteiger partial charge in [-0.25, -0.2) is 0 Å². The summed E-state index contributed by atoms with van der Waals surface area (Å²) in [6.07, 6.45) is -2.64. The van der Waals surface area contributed by atoms with Crippen LogP contribution in [0.1, 0.15) is 13.3 Å². The molecule has 0 saturated carbocycles. The highest BCUT2D eigenvalue weighted by atomic mass is 16.4. The minimum absolute atomic E-state index is 0.222. The minimum atomic E-state index is -0.954. The number of hydrogen-bond donors (Lipinski definition) is 10. The van der Waals surface area contributed by atoms with Gasteiger partial charge in [-0.3, -0.25) is 4.79 Å². The fraction of sp³-hybridized carbons (Fsp3) is 0.917. The SMILES string of the molecule is CCC(=O)O.OCC(O)CO.OCC(O)CO.OCC(O)CO. The standard InChI is InChI=1S/3C3H8O3.C3H6O2/c3*4-1-3(6)2-5;1-2-3(4)5/h3*3-6H,1-2H2;2H2,1H3,(H,4,5). The monoisotopic (exact) mass is 350 g/mol. The molecule has 0 aromatic carbocycles. The van der Waals surface area contributed by atoms with Gasteiger partial charge < -0.3 is 51.1 Å². The predicted molar refractivity (Wildman–Crippen MR) is 78.5 cm³/mol. The number of aliphatic hydroxyl groups excluding tert-OH is 9. The molecule has 144 valence electrons. The van der Waals surface area contributed by atoms with Crippen LogP contribution in [0.15, 0.2) is 0 Å². The number of rotatable bonds is 7. The molecule has 0 fully saturated rings. The Labute approximate surface area is 134 Å². The molecule has 0 amide bonds. The van der Waals surface area contributed by atoms with Gasteiger partial charge in [0.25, 0.3) is 0 Å². The van der Waals surface area contributed by atoms with Crippen molar-refractivity contribution in [3.05, 3.63) is 0 Å². The molecule has 0 bridgehead atoms. The lowest BCUT2D eigenvalue weighted by Crippen LogP contribution is -2.15. The zero-order valence-corrected chi connectivity index (χ0v) is 13.1. The number of carboxylic acids is 1. The Morgan fingerprint density at radius 2 is 0.783 bits per heavy atom. The first-order valence-electron chi connectivity index (χ1n) is 6.61. The first kappa shape index (κ1) is 30.0. The molecule has 0 radical (unpaired) electrons. The molecule has 11 heteroatoms. The molecule has 11 nitrogen and oxygen atoms in total. The first-order valence-corrected chi connectivity index (χ1v) is 6.61. The van der Waals surface area contributed by atoms with E-state index in [0.717, 1.165) is 0 Å². The lowest BCUT2D eigenvalue weighted by molar-refractivity contribution is -0.136. The van der Waals surface area contributed by atoms with Gasteiger partial charge in [0.2, 0.25) is 0 Å². The van der Waals surface area contributed by atoms with Crippen LogP contribution in [-0.2, 0) is 4.79 Å². The summed E-state index contributed by atoms with van der Waals surface area (Å²) in [4.78, 5) is 9.37. The van der Waals surface area contributed by atoms with E-state index in [0.29, 0.717) is 0 Å². The molecule has 0 aliphatic heterocycles. The Balaban J connectivity index is -0.000000105. The van der Waals surface area contributed by atoms with E-state index in [1.807, 2.05) is 0 Å². The number of aliphatic carboxylic acids is 1. The van der Waals surface area contributed by atoms with Crippen LogP contribution in [0.25, 0.3) is 0 Å². The Bertz CT molecular complexity index is 179. The maximum absolute atomic E-state index is 9.37. The molecule has 0 saturated heterocycles. The molecular formula is C12H30O11. The lowest BCUT2D eigenvalue weighted by Gasteiger charge is -1.96. The maximum Gasteiger partial charge on any atom is 0.303 e. The summed E-state index contributed by atoms with van der Waals surface area (Å²) < 4.78 is 0. The molecular weight excluding hydrogens is 320 g/mol. The summed E-state index contributed by atoms with van der Waals surface area (Å²) in [5.41, 5.74) is 0. The van der Waals surface area contributed by atoms with Crippen LogP contribution in [0.3, 0.4) is 0 Å². The third-order valence-electron chi connectivity index (χ3n) is 1.57. The molecule has 0 atom stereocenters. The van der Waals surface area contributed by atoms with Crippen LogP contribution in [0.5, 0.6) is 0 Å². The molecule has 0 aromatic rings. The Kier molecular flexibility index (Phi) is 34.0. The van der Waals surface area contributed by atoms with Gasteiger partial charge in [-0.15, -0.1) is 0 Å². The number of aliphatic hydroxyl groups is 9. The van der Waals surface area contributed by atoms with Crippen LogP contribution in [0.4, 0.5) is 0 Å². The van der Waals surface area contributed by atoms with Crippen LogP contribution in [0, 0.1) is 0 Å². The summed E-state index contributed by atoms with van der Waals surface area (Å²) >= 11 is 0. The van der Waals surface area contributed by atoms with E-state index in [-0.39, 0.29) is 46.1 Å². The summed E-state index contributed by atoms with van der Waals surface area (Å²) in [7, 11) is 0. The molecule has 0 spiro atoms. The fourth-order valence-corrected chi connectivity index (χ4v) is 0.173. The molecule has 0 rings (SSSR count). The van der Waals surface area contributed by atoms with Gasteiger partial charge in [-0.05, 0) is 0 Å². The summed E-state index contributed by atoms with van der Waals surface area (Å²) in [6, 6.07) is 0. The van der Waals surface area contributed by atoms with E-state index >= 15 is 0 Å². The van der Waals surface area contributed by atoms with Gasteiger partial charge in [0.15, 0.2) is 0 Å². The Morgan fingerprint density at radius 1 is 0.652 bits per heavy atom. The van der Waals surface area contributed by atoms with Gasteiger partial charge in [0.05, 0.1) is 39.6 Å². The number of carboxylic acid groups (broad SMARTS) is 1.